The van der Waals surface area contributed by atoms with Crippen LogP contribution in [0, 0.1) is 11.3 Å². The van der Waals surface area contributed by atoms with E-state index in [9.17, 15) is 4.79 Å². The Balaban J connectivity index is 1.56. The Morgan fingerprint density at radius 3 is 2.65 bits per heavy atom. The third kappa shape index (κ3) is 5.14. The van der Waals surface area contributed by atoms with Gasteiger partial charge in [0, 0.05) is 17.1 Å². The first-order valence-electron chi connectivity index (χ1n) is 9.28. The van der Waals surface area contributed by atoms with E-state index < -0.39 is 0 Å². The zero-order chi connectivity index (χ0) is 21.6. The third-order valence-electron chi connectivity index (χ3n) is 4.36. The molecule has 4 rings (SSSR count). The number of thiophene rings is 1. The van der Waals surface area contributed by atoms with Crippen LogP contribution in [0.5, 0.6) is 0 Å². The molecule has 0 radical (unpaired) electrons. The van der Waals surface area contributed by atoms with Gasteiger partial charge in [0.2, 0.25) is 5.91 Å². The number of nitriles is 1. The molecule has 2 aromatic carbocycles. The van der Waals surface area contributed by atoms with Crippen LogP contribution in [0.15, 0.2) is 71.2 Å². The Bertz CT molecular complexity index is 1230. The quantitative estimate of drug-likeness (QED) is 0.380. The minimum Gasteiger partial charge on any atom is -0.316 e. The number of halogens is 1. The minimum absolute atomic E-state index is 0.139. The Morgan fingerprint density at radius 2 is 1.90 bits per heavy atom. The monoisotopic (exact) mass is 465 g/mol. The summed E-state index contributed by atoms with van der Waals surface area (Å²) < 4.78 is 1.94. The van der Waals surface area contributed by atoms with Crippen LogP contribution in [0.3, 0.4) is 0 Å². The van der Waals surface area contributed by atoms with Crippen LogP contribution < -0.4 is 5.32 Å². The van der Waals surface area contributed by atoms with E-state index in [-0.39, 0.29) is 11.7 Å². The molecule has 1 N–H and O–H groups in total. The lowest BCUT2D eigenvalue weighted by Crippen LogP contribution is -2.14. The zero-order valence-electron chi connectivity index (χ0n) is 16.2. The lowest BCUT2D eigenvalue weighted by molar-refractivity contribution is -0.113. The molecule has 0 atom stereocenters. The molecule has 0 spiro atoms. The fourth-order valence-electron chi connectivity index (χ4n) is 2.92. The normalized spacial score (nSPS) is 10.6. The molecule has 9 heteroatoms. The SMILES string of the molecule is N#Cc1ccsc1NC(=O)CSc1nnc(Cc2ccccc2)n1-c1ccc(Cl)cc1. The highest BCUT2D eigenvalue weighted by atomic mass is 35.5. The van der Waals surface area contributed by atoms with Gasteiger partial charge >= 0.3 is 0 Å². The number of nitrogens with one attached hydrogen (secondary N) is 1. The molecular weight excluding hydrogens is 450 g/mol. The van der Waals surface area contributed by atoms with E-state index in [2.05, 4.69) is 21.6 Å². The molecule has 0 saturated carbocycles. The molecule has 0 aliphatic carbocycles. The van der Waals surface area contributed by atoms with Crippen molar-refractivity contribution in [1.29, 1.82) is 5.26 Å². The van der Waals surface area contributed by atoms with Crippen molar-refractivity contribution in [2.24, 2.45) is 0 Å². The summed E-state index contributed by atoms with van der Waals surface area (Å²) in [6.45, 7) is 0. The van der Waals surface area contributed by atoms with E-state index in [1.807, 2.05) is 59.2 Å². The summed E-state index contributed by atoms with van der Waals surface area (Å²) >= 11 is 8.67. The number of rotatable bonds is 7. The average molecular weight is 466 g/mol. The predicted molar refractivity (Wildman–Crippen MR) is 124 cm³/mol. The van der Waals surface area contributed by atoms with Crippen LogP contribution in [-0.4, -0.2) is 26.4 Å². The second kappa shape index (κ2) is 9.79. The lowest BCUT2D eigenvalue weighted by Gasteiger charge is -2.10. The Kier molecular flexibility index (Phi) is 6.67. The molecule has 0 fully saturated rings. The highest BCUT2D eigenvalue weighted by molar-refractivity contribution is 7.99. The summed E-state index contributed by atoms with van der Waals surface area (Å²) in [5.74, 6) is 0.695. The van der Waals surface area contributed by atoms with E-state index in [0.29, 0.717) is 27.2 Å². The zero-order valence-corrected chi connectivity index (χ0v) is 18.5. The fraction of sp³-hybridized carbons (Fsp3) is 0.0909. The van der Waals surface area contributed by atoms with E-state index >= 15 is 0 Å². The first kappa shape index (κ1) is 21.1. The summed E-state index contributed by atoms with van der Waals surface area (Å²) in [5.41, 5.74) is 2.44. The standard InChI is InChI=1S/C22H16ClN5OS2/c23-17-6-8-18(9-7-17)28-19(12-15-4-2-1-3-5-15)26-27-22(28)31-14-20(29)25-21-16(13-24)10-11-30-21/h1-11H,12,14H2,(H,25,29). The Morgan fingerprint density at radius 1 is 1.13 bits per heavy atom. The number of amides is 1. The maximum Gasteiger partial charge on any atom is 0.235 e. The smallest absolute Gasteiger partial charge is 0.235 e. The van der Waals surface area contributed by atoms with Crippen LogP contribution in [0.4, 0.5) is 5.00 Å². The molecule has 4 aromatic rings. The van der Waals surface area contributed by atoms with Gasteiger partial charge in [-0.05, 0) is 41.3 Å². The van der Waals surface area contributed by atoms with Crippen molar-refractivity contribution < 1.29 is 4.79 Å². The van der Waals surface area contributed by atoms with Crippen LogP contribution in [0.25, 0.3) is 5.69 Å². The largest absolute Gasteiger partial charge is 0.316 e. The molecule has 0 saturated heterocycles. The summed E-state index contributed by atoms with van der Waals surface area (Å²) in [5, 5.41) is 24.2. The van der Waals surface area contributed by atoms with Gasteiger partial charge in [0.15, 0.2) is 5.16 Å². The van der Waals surface area contributed by atoms with Crippen LogP contribution in [-0.2, 0) is 11.2 Å². The Labute approximate surface area is 192 Å². The van der Waals surface area contributed by atoms with Gasteiger partial charge in [-0.15, -0.1) is 21.5 Å². The molecule has 31 heavy (non-hydrogen) atoms. The van der Waals surface area contributed by atoms with Gasteiger partial charge in [-0.1, -0.05) is 53.7 Å². The van der Waals surface area contributed by atoms with Crippen molar-refractivity contribution in [3.05, 3.63) is 88.0 Å². The molecule has 0 unspecified atom stereocenters. The topological polar surface area (TPSA) is 83.6 Å². The van der Waals surface area contributed by atoms with Crippen molar-refractivity contribution in [3.8, 4) is 11.8 Å². The van der Waals surface area contributed by atoms with Gasteiger partial charge in [0.25, 0.3) is 0 Å². The van der Waals surface area contributed by atoms with E-state index in [1.165, 1.54) is 23.1 Å². The molecule has 0 aliphatic heterocycles. The molecule has 0 bridgehead atoms. The number of hydrogen-bond donors (Lipinski definition) is 1. The summed E-state index contributed by atoms with van der Waals surface area (Å²) in [7, 11) is 0. The summed E-state index contributed by atoms with van der Waals surface area (Å²) in [6.07, 6.45) is 0.601. The maximum absolute atomic E-state index is 12.4. The average Bonchev–Trinajstić information content (AvgIpc) is 3.40. The van der Waals surface area contributed by atoms with Gasteiger partial charge in [-0.2, -0.15) is 5.26 Å². The van der Waals surface area contributed by atoms with E-state index in [1.54, 1.807) is 11.4 Å². The van der Waals surface area contributed by atoms with Crippen molar-refractivity contribution >= 4 is 45.6 Å². The molecule has 2 heterocycles. The van der Waals surface area contributed by atoms with Gasteiger partial charge in [-0.3, -0.25) is 9.36 Å². The molecule has 0 aliphatic rings. The van der Waals surface area contributed by atoms with E-state index in [0.717, 1.165) is 17.1 Å². The summed E-state index contributed by atoms with van der Waals surface area (Å²) in [4.78, 5) is 12.4. The number of hydrogen-bond acceptors (Lipinski definition) is 6. The third-order valence-corrected chi connectivity index (χ3v) is 6.37. The van der Waals surface area contributed by atoms with Gasteiger partial charge in [0.05, 0.1) is 11.3 Å². The number of benzene rings is 2. The van der Waals surface area contributed by atoms with Gasteiger partial charge in [-0.25, -0.2) is 0 Å². The molecule has 1 amide bonds. The first-order chi connectivity index (χ1) is 15.1. The number of carbonyl (C=O) groups excluding carboxylic acids is 1. The predicted octanol–water partition coefficient (Wildman–Crippen LogP) is 5.18. The molecule has 2 aromatic heterocycles. The van der Waals surface area contributed by atoms with Crippen LogP contribution >= 0.6 is 34.7 Å². The second-order valence-electron chi connectivity index (χ2n) is 6.49. The van der Waals surface area contributed by atoms with Crippen molar-refractivity contribution in [2.45, 2.75) is 11.6 Å². The number of anilines is 1. The number of nitrogens with zero attached hydrogens (tertiary/aromatic N) is 4. The van der Waals surface area contributed by atoms with Crippen molar-refractivity contribution in [3.63, 3.8) is 0 Å². The molecule has 6 nitrogen and oxygen atoms in total. The second-order valence-corrected chi connectivity index (χ2v) is 8.78. The summed E-state index contributed by atoms with van der Waals surface area (Å²) in [6, 6.07) is 21.2. The van der Waals surface area contributed by atoms with Crippen LogP contribution in [0.1, 0.15) is 17.0 Å². The minimum atomic E-state index is -0.209. The fourth-order valence-corrected chi connectivity index (χ4v) is 4.57. The Hall–Kier alpha value is -3.12. The molecule has 154 valence electrons. The highest BCUT2D eigenvalue weighted by Gasteiger charge is 2.17. The first-order valence-corrected chi connectivity index (χ1v) is 11.5. The number of carbonyl (C=O) groups is 1. The number of aromatic nitrogens is 3. The number of thioether (sulfide) groups is 1. The maximum atomic E-state index is 12.4. The van der Waals surface area contributed by atoms with Crippen molar-refractivity contribution in [2.75, 3.05) is 11.1 Å². The van der Waals surface area contributed by atoms with Gasteiger partial charge in [0.1, 0.15) is 16.9 Å². The van der Waals surface area contributed by atoms with Crippen molar-refractivity contribution in [1.82, 2.24) is 14.8 Å². The lowest BCUT2D eigenvalue weighted by atomic mass is 10.1. The molecular formula is C22H16ClN5OS2. The van der Waals surface area contributed by atoms with E-state index in [4.69, 9.17) is 16.9 Å². The van der Waals surface area contributed by atoms with Crippen LogP contribution in [0.2, 0.25) is 5.02 Å². The highest BCUT2D eigenvalue weighted by Crippen LogP contribution is 2.26. The van der Waals surface area contributed by atoms with Gasteiger partial charge < -0.3 is 5.32 Å².